The van der Waals surface area contributed by atoms with Crippen molar-refractivity contribution < 1.29 is 33.1 Å². The van der Waals surface area contributed by atoms with Crippen molar-refractivity contribution in [3.63, 3.8) is 0 Å². The Morgan fingerprint density at radius 2 is 1.86 bits per heavy atom. The normalized spacial score (nSPS) is 24.1. The van der Waals surface area contributed by atoms with Crippen LogP contribution >= 0.6 is 7.82 Å². The highest BCUT2D eigenvalue weighted by atomic mass is 31.2. The van der Waals surface area contributed by atoms with Gasteiger partial charge in [0.1, 0.15) is 18.3 Å². The van der Waals surface area contributed by atoms with Gasteiger partial charge in [0.05, 0.1) is 44.8 Å². The number of nitrogens with one attached hydrogen (secondary N) is 1. The Morgan fingerprint density at radius 1 is 1.24 bits per heavy atom. The molecule has 0 saturated carbocycles. The van der Waals surface area contributed by atoms with Crippen molar-refractivity contribution in [3.05, 3.63) is 33.1 Å². The fraction of sp³-hybridized carbons (Fsp3) is 0.600. The van der Waals surface area contributed by atoms with Crippen LogP contribution in [0.5, 0.6) is 0 Å². The van der Waals surface area contributed by atoms with E-state index < -0.39 is 50.2 Å². The van der Waals surface area contributed by atoms with Crippen LogP contribution in [0.15, 0.2) is 21.9 Å². The van der Waals surface area contributed by atoms with Gasteiger partial charge in [-0.1, -0.05) is 0 Å². The van der Waals surface area contributed by atoms with Crippen molar-refractivity contribution in [1.29, 1.82) is 10.5 Å². The molecule has 2 rings (SSSR count). The quantitative estimate of drug-likeness (QED) is 0.308. The van der Waals surface area contributed by atoms with E-state index in [-0.39, 0.29) is 26.1 Å². The van der Waals surface area contributed by atoms with Crippen LogP contribution in [0.25, 0.3) is 0 Å². The Balaban J connectivity index is 2.32. The van der Waals surface area contributed by atoms with Crippen molar-refractivity contribution in [1.82, 2.24) is 9.55 Å². The van der Waals surface area contributed by atoms with Crippen LogP contribution in [-0.2, 0) is 22.9 Å². The number of hydrogen-bond donors (Lipinski definition) is 3. The Kier molecular flexibility index (Phi) is 8.25. The third kappa shape index (κ3) is 5.82. The number of ether oxygens (including phenoxy) is 1. The van der Waals surface area contributed by atoms with Gasteiger partial charge in [0.25, 0.3) is 5.56 Å². The lowest BCUT2D eigenvalue weighted by Crippen LogP contribution is -2.39. The third-order valence-corrected chi connectivity index (χ3v) is 5.29. The molecule has 0 spiro atoms. The molecule has 1 aliphatic heterocycles. The molecule has 1 aromatic rings. The van der Waals surface area contributed by atoms with Gasteiger partial charge in [-0.2, -0.15) is 10.5 Å². The predicted molar refractivity (Wildman–Crippen MR) is 93.2 cm³/mol. The molecule has 14 heteroatoms. The van der Waals surface area contributed by atoms with Crippen molar-refractivity contribution in [2.24, 2.45) is 0 Å². The topological polar surface area (TPSA) is 197 Å². The van der Waals surface area contributed by atoms with E-state index in [1.165, 1.54) is 0 Å². The zero-order valence-corrected chi connectivity index (χ0v) is 15.9. The number of rotatable bonds is 10. The Hall–Kier alpha value is -2.35. The average molecular weight is 430 g/mol. The maximum atomic E-state index is 12.9. The van der Waals surface area contributed by atoms with Crippen LogP contribution in [0, 0.1) is 22.7 Å². The Labute approximate surface area is 164 Å². The minimum absolute atomic E-state index is 0.138. The van der Waals surface area contributed by atoms with E-state index in [9.17, 15) is 24.4 Å². The molecule has 1 saturated heterocycles. The minimum atomic E-state index is -4.40. The lowest BCUT2D eigenvalue weighted by Gasteiger charge is -2.26. The number of aliphatic hydroxyl groups excluding tert-OH is 2. The van der Waals surface area contributed by atoms with Crippen LogP contribution in [0.4, 0.5) is 0 Å². The number of aliphatic hydroxyl groups is 2. The number of phosphoric ester groups is 1. The van der Waals surface area contributed by atoms with Gasteiger partial charge in [-0.05, 0) is 0 Å². The summed E-state index contributed by atoms with van der Waals surface area (Å²) in [5.74, 6) is 0. The van der Waals surface area contributed by atoms with E-state index in [1.807, 2.05) is 4.98 Å². The highest BCUT2D eigenvalue weighted by Crippen LogP contribution is 2.53. The maximum Gasteiger partial charge on any atom is 0.475 e. The van der Waals surface area contributed by atoms with Gasteiger partial charge >= 0.3 is 13.5 Å². The number of nitrogens with zero attached hydrogens (tertiary/aromatic N) is 3. The van der Waals surface area contributed by atoms with Crippen molar-refractivity contribution in [2.75, 3.05) is 19.8 Å². The first-order chi connectivity index (χ1) is 13.8. The van der Waals surface area contributed by atoms with Gasteiger partial charge in [0.2, 0.25) is 0 Å². The van der Waals surface area contributed by atoms with Crippen LogP contribution in [-0.4, -0.2) is 57.9 Å². The molecule has 0 amide bonds. The van der Waals surface area contributed by atoms with Crippen molar-refractivity contribution in [3.8, 4) is 12.1 Å². The summed E-state index contributed by atoms with van der Waals surface area (Å²) in [6.45, 7) is -1.29. The number of nitriles is 2. The molecule has 158 valence electrons. The summed E-state index contributed by atoms with van der Waals surface area (Å²) in [6, 6.07) is 4.58. The summed E-state index contributed by atoms with van der Waals surface area (Å²) in [4.78, 5) is 25.4. The molecule has 1 aromatic heterocycles. The molecule has 0 aromatic carbocycles. The zero-order valence-electron chi connectivity index (χ0n) is 15.0. The second kappa shape index (κ2) is 10.4. The minimum Gasteiger partial charge on any atom is -0.394 e. The molecule has 13 nitrogen and oxygen atoms in total. The fourth-order valence-corrected chi connectivity index (χ4v) is 3.84. The first-order valence-electron chi connectivity index (χ1n) is 8.42. The molecule has 0 radical (unpaired) electrons. The number of phosphoric acid groups is 1. The van der Waals surface area contributed by atoms with Gasteiger partial charge < -0.3 is 14.9 Å². The SMILES string of the molecule is N#CCCOP(=O)(OCCC#N)O[C@@H]1[C@H](O)[C@@H](CO)O[C@H]1n1ccc(=O)[nH]c1=O. The predicted octanol–water partition coefficient (Wildman–Crippen LogP) is -0.859. The summed E-state index contributed by atoms with van der Waals surface area (Å²) in [6.07, 6.45) is -4.84. The molecule has 29 heavy (non-hydrogen) atoms. The fourth-order valence-electron chi connectivity index (χ4n) is 2.49. The molecular weight excluding hydrogens is 411 g/mol. The average Bonchev–Trinajstić information content (AvgIpc) is 2.98. The van der Waals surface area contributed by atoms with E-state index in [0.717, 1.165) is 16.8 Å². The molecule has 4 atom stereocenters. The summed E-state index contributed by atoms with van der Waals surface area (Å²) in [7, 11) is -4.40. The van der Waals surface area contributed by atoms with Crippen LogP contribution in [0.3, 0.4) is 0 Å². The molecule has 0 aliphatic carbocycles. The largest absolute Gasteiger partial charge is 0.475 e. The number of hydrogen-bond acceptors (Lipinski definition) is 11. The van der Waals surface area contributed by atoms with E-state index >= 15 is 0 Å². The first kappa shape index (κ1) is 22.9. The zero-order chi connectivity index (χ0) is 21.4. The Morgan fingerprint density at radius 3 is 2.38 bits per heavy atom. The third-order valence-electron chi connectivity index (χ3n) is 3.80. The van der Waals surface area contributed by atoms with E-state index in [0.29, 0.717) is 0 Å². The van der Waals surface area contributed by atoms with E-state index in [4.69, 9.17) is 28.8 Å². The molecule has 3 N–H and O–H groups in total. The van der Waals surface area contributed by atoms with Crippen molar-refractivity contribution >= 4 is 7.82 Å². The van der Waals surface area contributed by atoms with Gasteiger partial charge in [-0.3, -0.25) is 27.9 Å². The molecule has 0 unspecified atom stereocenters. The summed E-state index contributed by atoms with van der Waals surface area (Å²) < 4.78 is 34.6. The second-order valence-electron chi connectivity index (χ2n) is 5.76. The lowest BCUT2D eigenvalue weighted by atomic mass is 10.1. The van der Waals surface area contributed by atoms with Crippen LogP contribution in [0.2, 0.25) is 0 Å². The molecule has 1 aliphatic rings. The number of H-pyrrole nitrogens is 1. The monoisotopic (exact) mass is 430 g/mol. The molecule has 0 bridgehead atoms. The van der Waals surface area contributed by atoms with Crippen LogP contribution in [0.1, 0.15) is 19.1 Å². The smallest absolute Gasteiger partial charge is 0.394 e. The second-order valence-corrected chi connectivity index (χ2v) is 7.38. The Bertz CT molecular complexity index is 909. The molecule has 2 heterocycles. The first-order valence-corrected chi connectivity index (χ1v) is 9.88. The standard InChI is InChI=1S/C15H19N4O9P/c16-4-1-7-25-29(24,26-8-2-5-17)28-13-12(22)10(9-20)27-14(13)19-6-3-11(21)18-15(19)23/h3,6,10,12-14,20,22H,1-2,7-9H2,(H,18,21,23)/t10-,12-,13-,14-/m1/s1. The van der Waals surface area contributed by atoms with E-state index in [1.54, 1.807) is 12.1 Å². The molecule has 1 fully saturated rings. The highest BCUT2D eigenvalue weighted by molar-refractivity contribution is 7.48. The number of aromatic nitrogens is 2. The van der Waals surface area contributed by atoms with Gasteiger partial charge in [-0.15, -0.1) is 0 Å². The van der Waals surface area contributed by atoms with Crippen LogP contribution < -0.4 is 11.2 Å². The van der Waals surface area contributed by atoms with Gasteiger partial charge in [0.15, 0.2) is 6.23 Å². The van der Waals surface area contributed by atoms with Crippen molar-refractivity contribution in [2.45, 2.75) is 37.4 Å². The van der Waals surface area contributed by atoms with Gasteiger partial charge in [0, 0.05) is 12.3 Å². The lowest BCUT2D eigenvalue weighted by molar-refractivity contribution is -0.0561. The summed E-state index contributed by atoms with van der Waals surface area (Å²) >= 11 is 0. The van der Waals surface area contributed by atoms with E-state index in [2.05, 4.69) is 0 Å². The molecular formula is C15H19N4O9P. The maximum absolute atomic E-state index is 12.9. The number of aromatic amines is 1. The summed E-state index contributed by atoms with van der Waals surface area (Å²) in [5.41, 5.74) is -1.57. The summed E-state index contributed by atoms with van der Waals surface area (Å²) in [5, 5.41) is 37.0. The highest BCUT2D eigenvalue weighted by Gasteiger charge is 2.49. The van der Waals surface area contributed by atoms with Gasteiger partial charge in [-0.25, -0.2) is 9.36 Å².